The van der Waals surface area contributed by atoms with Gasteiger partial charge in [0.25, 0.3) is 0 Å². The third-order valence-corrected chi connectivity index (χ3v) is 4.98. The van der Waals surface area contributed by atoms with Crippen LogP contribution in [0.5, 0.6) is 0 Å². The van der Waals surface area contributed by atoms with Gasteiger partial charge in [-0.1, -0.05) is 12.1 Å². The molecule has 1 fully saturated rings. The molecule has 0 aliphatic carbocycles. The molecule has 7 nitrogen and oxygen atoms in total. The highest BCUT2D eigenvalue weighted by atomic mass is 32.2. The molecule has 23 heavy (non-hydrogen) atoms. The molecule has 0 bridgehead atoms. The molecule has 1 saturated heterocycles. The number of morpholine rings is 1. The van der Waals surface area contributed by atoms with Gasteiger partial charge in [-0.15, -0.1) is 0 Å². The summed E-state index contributed by atoms with van der Waals surface area (Å²) in [7, 11) is -1.76. The van der Waals surface area contributed by atoms with Crippen LogP contribution in [0.1, 0.15) is 12.5 Å². The van der Waals surface area contributed by atoms with Crippen molar-refractivity contribution in [3.05, 3.63) is 29.8 Å². The van der Waals surface area contributed by atoms with Gasteiger partial charge in [0.15, 0.2) is 0 Å². The number of nitrogens with one attached hydrogen (secondary N) is 1. The van der Waals surface area contributed by atoms with E-state index in [-0.39, 0.29) is 12.1 Å². The normalized spacial score (nSPS) is 18.6. The Hall–Kier alpha value is -1.80. The summed E-state index contributed by atoms with van der Waals surface area (Å²) in [6.07, 6.45) is 1.21. The van der Waals surface area contributed by atoms with E-state index < -0.39 is 10.0 Å². The van der Waals surface area contributed by atoms with Crippen molar-refractivity contribution in [3.8, 4) is 0 Å². The SMILES string of the molecule is C[C@H]1CN(C(=O)NCc2ccc(N(C)S(C)(=O)=O)cc2)CCO1. The van der Waals surface area contributed by atoms with E-state index in [0.717, 1.165) is 11.8 Å². The first-order valence-corrected chi connectivity index (χ1v) is 9.29. The zero-order valence-electron chi connectivity index (χ0n) is 13.7. The fourth-order valence-electron chi connectivity index (χ4n) is 2.31. The molecule has 1 aromatic carbocycles. The number of amides is 2. The van der Waals surface area contributed by atoms with Crippen LogP contribution in [0.25, 0.3) is 0 Å². The second kappa shape index (κ2) is 7.18. The molecule has 0 saturated carbocycles. The van der Waals surface area contributed by atoms with Crippen LogP contribution in [-0.4, -0.2) is 58.5 Å². The van der Waals surface area contributed by atoms with Gasteiger partial charge in [0.05, 0.1) is 24.7 Å². The van der Waals surface area contributed by atoms with Gasteiger partial charge >= 0.3 is 6.03 Å². The average molecular weight is 341 g/mol. The molecule has 128 valence electrons. The summed E-state index contributed by atoms with van der Waals surface area (Å²) in [6, 6.07) is 6.94. The first-order valence-electron chi connectivity index (χ1n) is 7.44. The van der Waals surface area contributed by atoms with Gasteiger partial charge in [-0.3, -0.25) is 4.31 Å². The highest BCUT2D eigenvalue weighted by molar-refractivity contribution is 7.92. The van der Waals surface area contributed by atoms with Gasteiger partial charge in [0.2, 0.25) is 10.0 Å². The van der Waals surface area contributed by atoms with Crippen molar-refractivity contribution < 1.29 is 17.9 Å². The Morgan fingerprint density at radius 1 is 1.39 bits per heavy atom. The van der Waals surface area contributed by atoms with E-state index in [9.17, 15) is 13.2 Å². The lowest BCUT2D eigenvalue weighted by Gasteiger charge is -2.31. The van der Waals surface area contributed by atoms with Crippen molar-refractivity contribution in [2.75, 3.05) is 37.3 Å². The maximum atomic E-state index is 12.1. The zero-order chi connectivity index (χ0) is 17.0. The van der Waals surface area contributed by atoms with Gasteiger partial charge < -0.3 is 15.0 Å². The predicted octanol–water partition coefficient (Wildman–Crippen LogP) is 1.01. The first kappa shape index (κ1) is 17.6. The summed E-state index contributed by atoms with van der Waals surface area (Å²) in [5.74, 6) is 0. The largest absolute Gasteiger partial charge is 0.375 e. The van der Waals surface area contributed by atoms with Crippen LogP contribution in [0.3, 0.4) is 0 Å². The second-order valence-corrected chi connectivity index (χ2v) is 7.70. The molecule has 2 rings (SSSR count). The minimum Gasteiger partial charge on any atom is -0.375 e. The Balaban J connectivity index is 1.90. The third-order valence-electron chi connectivity index (χ3n) is 3.77. The van der Waals surface area contributed by atoms with Gasteiger partial charge in [-0.2, -0.15) is 0 Å². The molecule has 1 aliphatic rings. The number of carbonyl (C=O) groups is 1. The lowest BCUT2D eigenvalue weighted by atomic mass is 10.2. The monoisotopic (exact) mass is 341 g/mol. The van der Waals surface area contributed by atoms with Gasteiger partial charge in [0, 0.05) is 26.7 Å². The summed E-state index contributed by atoms with van der Waals surface area (Å²) in [5.41, 5.74) is 1.50. The predicted molar refractivity (Wildman–Crippen MR) is 88.9 cm³/mol. The molecule has 1 aromatic rings. The Morgan fingerprint density at radius 2 is 2.04 bits per heavy atom. The smallest absolute Gasteiger partial charge is 0.317 e. The van der Waals surface area contributed by atoms with E-state index >= 15 is 0 Å². The van der Waals surface area contributed by atoms with E-state index in [0.29, 0.717) is 31.9 Å². The van der Waals surface area contributed by atoms with E-state index in [1.54, 1.807) is 29.2 Å². The van der Waals surface area contributed by atoms with E-state index in [1.807, 2.05) is 6.92 Å². The summed E-state index contributed by atoms with van der Waals surface area (Å²) in [6.45, 7) is 4.07. The number of urea groups is 1. The molecule has 2 amide bonds. The summed E-state index contributed by atoms with van der Waals surface area (Å²) < 4.78 is 29.6. The minimum absolute atomic E-state index is 0.0558. The highest BCUT2D eigenvalue weighted by Crippen LogP contribution is 2.16. The molecule has 1 heterocycles. The third kappa shape index (κ3) is 4.84. The summed E-state index contributed by atoms with van der Waals surface area (Å²) in [4.78, 5) is 13.8. The number of ether oxygens (including phenoxy) is 1. The van der Waals surface area contributed by atoms with Crippen molar-refractivity contribution in [1.82, 2.24) is 10.2 Å². The topological polar surface area (TPSA) is 79.0 Å². The number of nitrogens with zero attached hydrogens (tertiary/aromatic N) is 2. The number of rotatable bonds is 4. The van der Waals surface area contributed by atoms with E-state index in [2.05, 4.69) is 5.32 Å². The second-order valence-electron chi connectivity index (χ2n) is 5.68. The maximum absolute atomic E-state index is 12.1. The number of sulfonamides is 1. The van der Waals surface area contributed by atoms with Crippen LogP contribution in [0.15, 0.2) is 24.3 Å². The maximum Gasteiger partial charge on any atom is 0.317 e. The summed E-state index contributed by atoms with van der Waals surface area (Å²) >= 11 is 0. The number of anilines is 1. The molecule has 1 aliphatic heterocycles. The zero-order valence-corrected chi connectivity index (χ0v) is 14.5. The van der Waals surface area contributed by atoms with Crippen molar-refractivity contribution in [3.63, 3.8) is 0 Å². The molecule has 8 heteroatoms. The lowest BCUT2D eigenvalue weighted by molar-refractivity contribution is -0.00351. The van der Waals surface area contributed by atoms with Crippen LogP contribution in [0.2, 0.25) is 0 Å². The number of hydrogen-bond donors (Lipinski definition) is 1. The molecule has 0 aromatic heterocycles. The quantitative estimate of drug-likeness (QED) is 0.886. The van der Waals surface area contributed by atoms with Crippen molar-refractivity contribution >= 4 is 21.7 Å². The fourth-order valence-corrected chi connectivity index (χ4v) is 2.81. The summed E-state index contributed by atoms with van der Waals surface area (Å²) in [5, 5.41) is 2.87. The van der Waals surface area contributed by atoms with Gasteiger partial charge in [-0.05, 0) is 24.6 Å². The number of hydrogen-bond acceptors (Lipinski definition) is 4. The highest BCUT2D eigenvalue weighted by Gasteiger charge is 2.20. The molecule has 1 atom stereocenters. The molecule has 1 N–H and O–H groups in total. The lowest BCUT2D eigenvalue weighted by Crippen LogP contribution is -2.48. The molecule has 0 unspecified atom stereocenters. The van der Waals surface area contributed by atoms with Crippen LogP contribution in [0, 0.1) is 0 Å². The molecule has 0 radical (unpaired) electrons. The average Bonchev–Trinajstić information content (AvgIpc) is 2.51. The Bertz CT molecular complexity index is 645. The minimum atomic E-state index is -3.27. The first-order chi connectivity index (χ1) is 10.8. The molecule has 0 spiro atoms. The van der Waals surface area contributed by atoms with Gasteiger partial charge in [-0.25, -0.2) is 13.2 Å². The van der Waals surface area contributed by atoms with Crippen molar-refractivity contribution in [1.29, 1.82) is 0 Å². The van der Waals surface area contributed by atoms with E-state index in [4.69, 9.17) is 4.74 Å². The number of benzene rings is 1. The molecular formula is C15H23N3O4S. The van der Waals surface area contributed by atoms with Gasteiger partial charge in [0.1, 0.15) is 0 Å². The van der Waals surface area contributed by atoms with E-state index in [1.165, 1.54) is 11.4 Å². The fraction of sp³-hybridized carbons (Fsp3) is 0.533. The van der Waals surface area contributed by atoms with Crippen LogP contribution in [0.4, 0.5) is 10.5 Å². The number of carbonyl (C=O) groups excluding carboxylic acids is 1. The van der Waals surface area contributed by atoms with Crippen molar-refractivity contribution in [2.45, 2.75) is 19.6 Å². The molecular weight excluding hydrogens is 318 g/mol. The standard InChI is InChI=1S/C15H23N3O4S/c1-12-11-18(8-9-22-12)15(19)16-10-13-4-6-14(7-5-13)17(2)23(3,20)21/h4-7,12H,8-11H2,1-3H3,(H,16,19)/t12-/m0/s1. The Labute approximate surface area is 137 Å². The van der Waals surface area contributed by atoms with Crippen molar-refractivity contribution in [2.24, 2.45) is 0 Å². The Kier molecular flexibility index (Phi) is 5.48. The van der Waals surface area contributed by atoms with Crippen LogP contribution in [-0.2, 0) is 21.3 Å². The Morgan fingerprint density at radius 3 is 2.61 bits per heavy atom. The van der Waals surface area contributed by atoms with Crippen LogP contribution >= 0.6 is 0 Å². The van der Waals surface area contributed by atoms with Crippen LogP contribution < -0.4 is 9.62 Å².